The van der Waals surface area contributed by atoms with Crippen LogP contribution in [0.5, 0.6) is 0 Å². The zero-order valence-corrected chi connectivity index (χ0v) is 22.1. The first-order valence-corrected chi connectivity index (χ1v) is 11.3. The molecule has 0 fully saturated rings. The fourth-order valence-electron chi connectivity index (χ4n) is 3.61. The predicted octanol–water partition coefficient (Wildman–Crippen LogP) is 4.91. The van der Waals surface area contributed by atoms with Gasteiger partial charge in [0.05, 0.1) is 13.3 Å². The van der Waals surface area contributed by atoms with Gasteiger partial charge >= 0.3 is 5.97 Å². The Morgan fingerprint density at radius 2 is 1.45 bits per heavy atom. The number of hydrogen-bond acceptors (Lipinski definition) is 4. The molecular weight excluding hydrogens is 413 g/mol. The van der Waals surface area contributed by atoms with Gasteiger partial charge in [0.15, 0.2) is 5.78 Å². The molecule has 0 N–H and O–H groups in total. The highest BCUT2D eigenvalue weighted by Crippen LogP contribution is 2.40. The van der Waals surface area contributed by atoms with Crippen molar-refractivity contribution in [3.05, 3.63) is 47.5 Å². The minimum atomic E-state index is -1.42. The second-order valence-electron chi connectivity index (χ2n) is 11.1. The zero-order chi connectivity index (χ0) is 26.0. The van der Waals surface area contributed by atoms with Crippen molar-refractivity contribution in [3.8, 4) is 0 Å². The summed E-state index contributed by atoms with van der Waals surface area (Å²) in [5.74, 6) is -1.24. The molecule has 33 heavy (non-hydrogen) atoms. The number of carbonyl (C=O) groups excluding carboxylic acids is 3. The third-order valence-corrected chi connectivity index (χ3v) is 6.67. The van der Waals surface area contributed by atoms with E-state index < -0.39 is 22.4 Å². The summed E-state index contributed by atoms with van der Waals surface area (Å²) in [6, 6.07) is 7.80. The molecule has 1 rings (SSSR count). The van der Waals surface area contributed by atoms with E-state index in [9.17, 15) is 14.4 Å². The van der Waals surface area contributed by atoms with Crippen LogP contribution in [0.3, 0.4) is 0 Å². The molecule has 0 spiro atoms. The third-order valence-electron chi connectivity index (χ3n) is 6.67. The lowest BCUT2D eigenvalue weighted by atomic mass is 9.74. The highest BCUT2D eigenvalue weighted by Gasteiger charge is 2.45. The fourth-order valence-corrected chi connectivity index (χ4v) is 3.61. The molecule has 0 unspecified atom stereocenters. The molecule has 0 aliphatic heterocycles. The van der Waals surface area contributed by atoms with Crippen molar-refractivity contribution in [1.29, 1.82) is 0 Å². The molecule has 0 aromatic heterocycles. The smallest absolute Gasteiger partial charge is 0.319 e. The Morgan fingerprint density at radius 1 is 0.970 bits per heavy atom. The molecule has 5 nitrogen and oxygen atoms in total. The summed E-state index contributed by atoms with van der Waals surface area (Å²) >= 11 is 0. The molecule has 180 valence electrons. The highest BCUT2D eigenvalue weighted by atomic mass is 16.6. The minimum Gasteiger partial charge on any atom is -0.454 e. The first-order chi connectivity index (χ1) is 14.8. The Hall–Kier alpha value is -2.37. The van der Waals surface area contributed by atoms with Gasteiger partial charge < -0.3 is 9.64 Å². The number of nitrogens with zero attached hydrogens (tertiary/aromatic N) is 1. The van der Waals surface area contributed by atoms with Crippen molar-refractivity contribution >= 4 is 25.5 Å². The third kappa shape index (κ3) is 6.16. The summed E-state index contributed by atoms with van der Waals surface area (Å²) in [6.45, 7) is 20.4. The van der Waals surface area contributed by atoms with Crippen LogP contribution in [0.2, 0.25) is 0 Å². The van der Waals surface area contributed by atoms with Gasteiger partial charge in [-0.05, 0) is 52.2 Å². The van der Waals surface area contributed by atoms with E-state index in [0.717, 1.165) is 16.7 Å². The molecule has 0 aliphatic carbocycles. The average molecular weight is 453 g/mol. The van der Waals surface area contributed by atoms with E-state index in [1.54, 1.807) is 34.7 Å². The Labute approximate surface area is 201 Å². The number of carbonyl (C=O) groups is 3. The van der Waals surface area contributed by atoms with Crippen LogP contribution in [0.25, 0.3) is 0 Å². The number of rotatable bonds is 10. The van der Waals surface area contributed by atoms with E-state index >= 15 is 0 Å². The van der Waals surface area contributed by atoms with Crippen molar-refractivity contribution in [1.82, 2.24) is 4.90 Å². The highest BCUT2D eigenvalue weighted by molar-refractivity contribution is 6.10. The number of amides is 1. The quantitative estimate of drug-likeness (QED) is 0.219. The Bertz CT molecular complexity index is 928. The van der Waals surface area contributed by atoms with Crippen LogP contribution in [0.1, 0.15) is 79.9 Å². The van der Waals surface area contributed by atoms with Crippen LogP contribution in [0.15, 0.2) is 36.4 Å². The van der Waals surface area contributed by atoms with Crippen LogP contribution in [0, 0.1) is 10.8 Å². The van der Waals surface area contributed by atoms with Gasteiger partial charge in [-0.1, -0.05) is 64.1 Å². The van der Waals surface area contributed by atoms with Gasteiger partial charge in [0.25, 0.3) is 0 Å². The summed E-state index contributed by atoms with van der Waals surface area (Å²) < 4.78 is 5.96. The molecule has 2 radical (unpaired) electrons. The molecular formula is C27H40BNO4. The van der Waals surface area contributed by atoms with Gasteiger partial charge in [-0.3, -0.25) is 14.4 Å². The molecule has 6 heteroatoms. The number of hydrogen-bond donors (Lipinski definition) is 0. The minimum absolute atomic E-state index is 0.0516. The Morgan fingerprint density at radius 3 is 1.91 bits per heavy atom. The van der Waals surface area contributed by atoms with Gasteiger partial charge in [0, 0.05) is 18.9 Å². The Kier molecular flexibility index (Phi) is 8.57. The lowest BCUT2D eigenvalue weighted by molar-refractivity contribution is -0.171. The predicted molar refractivity (Wildman–Crippen MR) is 134 cm³/mol. The molecule has 1 aromatic rings. The van der Waals surface area contributed by atoms with Crippen molar-refractivity contribution in [2.24, 2.45) is 10.8 Å². The number of allylic oxidation sites excluding steroid dienone is 1. The monoisotopic (exact) mass is 453 g/mol. The molecule has 0 heterocycles. The standard InChI is InChI=1S/C27H40BNO4/c1-18(2)25(5,6)19-14-12-13-15-20(19)27(9,10)33-23(32)26(7,8)21(30)16-24(3,4)22(31)29(11)17-28/h12-15H,1,16-17H2,2-11H3. The Balaban J connectivity index is 3.21. The van der Waals surface area contributed by atoms with E-state index in [1.807, 2.05) is 45.0 Å². The van der Waals surface area contributed by atoms with E-state index in [1.165, 1.54) is 4.90 Å². The maximum Gasteiger partial charge on any atom is 0.319 e. The summed E-state index contributed by atoms with van der Waals surface area (Å²) in [6.07, 6.45) is -0.0476. The van der Waals surface area contributed by atoms with Crippen LogP contribution in [-0.4, -0.2) is 43.9 Å². The maximum atomic E-state index is 13.3. The van der Waals surface area contributed by atoms with E-state index in [0.29, 0.717) is 0 Å². The van der Waals surface area contributed by atoms with Crippen molar-refractivity contribution < 1.29 is 19.1 Å². The van der Waals surface area contributed by atoms with Crippen LogP contribution < -0.4 is 0 Å². The molecule has 0 atom stereocenters. The summed E-state index contributed by atoms with van der Waals surface area (Å²) in [5.41, 5.74) is -0.869. The first kappa shape index (κ1) is 28.7. The van der Waals surface area contributed by atoms with Crippen molar-refractivity contribution in [2.75, 3.05) is 13.5 Å². The molecule has 0 bridgehead atoms. The molecule has 0 saturated carbocycles. The topological polar surface area (TPSA) is 63.7 Å². The molecule has 1 aromatic carbocycles. The van der Waals surface area contributed by atoms with Crippen molar-refractivity contribution in [3.63, 3.8) is 0 Å². The summed E-state index contributed by atoms with van der Waals surface area (Å²) in [5, 5.41) is 0. The zero-order valence-electron chi connectivity index (χ0n) is 22.1. The summed E-state index contributed by atoms with van der Waals surface area (Å²) in [4.78, 5) is 40.4. The second-order valence-corrected chi connectivity index (χ2v) is 11.1. The summed E-state index contributed by atoms with van der Waals surface area (Å²) in [7, 11) is 7.14. The van der Waals surface area contributed by atoms with E-state index in [2.05, 4.69) is 20.4 Å². The number of ether oxygens (including phenoxy) is 1. The van der Waals surface area contributed by atoms with E-state index in [4.69, 9.17) is 12.6 Å². The van der Waals surface area contributed by atoms with Crippen LogP contribution in [-0.2, 0) is 30.1 Å². The van der Waals surface area contributed by atoms with Crippen LogP contribution >= 0.6 is 0 Å². The number of Topliss-reactive ketones (excluding diaryl/α,β-unsaturated/α-hetero) is 1. The maximum absolute atomic E-state index is 13.3. The average Bonchev–Trinajstić information content (AvgIpc) is 2.71. The lowest BCUT2D eigenvalue weighted by Gasteiger charge is -2.36. The normalized spacial score (nSPS) is 12.8. The largest absolute Gasteiger partial charge is 0.454 e. The SMILES string of the molecule is [B]CN(C)C(=O)C(C)(C)CC(=O)C(C)(C)C(=O)OC(C)(C)c1ccccc1C(C)(C)C(=C)C. The fraction of sp³-hybridized carbons (Fsp3) is 0.593. The molecule has 1 amide bonds. The van der Waals surface area contributed by atoms with Gasteiger partial charge in [-0.15, -0.1) is 0 Å². The second kappa shape index (κ2) is 9.86. The first-order valence-electron chi connectivity index (χ1n) is 11.3. The molecule has 0 saturated heterocycles. The number of ketones is 1. The molecule has 0 aliphatic rings. The van der Waals surface area contributed by atoms with Gasteiger partial charge in [0.1, 0.15) is 11.0 Å². The van der Waals surface area contributed by atoms with Crippen molar-refractivity contribution in [2.45, 2.75) is 79.8 Å². The van der Waals surface area contributed by atoms with Crippen LogP contribution in [0.4, 0.5) is 0 Å². The van der Waals surface area contributed by atoms with Gasteiger partial charge in [0.2, 0.25) is 5.91 Å². The van der Waals surface area contributed by atoms with Gasteiger partial charge in [-0.2, -0.15) is 0 Å². The number of benzene rings is 1. The number of esters is 1. The lowest BCUT2D eigenvalue weighted by Crippen LogP contribution is -2.45. The van der Waals surface area contributed by atoms with E-state index in [-0.39, 0.29) is 30.0 Å². The van der Waals surface area contributed by atoms with Gasteiger partial charge in [-0.25, -0.2) is 0 Å².